The first-order valence-corrected chi connectivity index (χ1v) is 8.93. The Bertz CT molecular complexity index is 753. The molecule has 2 bridgehead atoms. The summed E-state index contributed by atoms with van der Waals surface area (Å²) in [7, 11) is 0. The predicted molar refractivity (Wildman–Crippen MR) is 95.8 cm³/mol. The fourth-order valence-electron chi connectivity index (χ4n) is 4.34. The van der Waals surface area contributed by atoms with Crippen molar-refractivity contribution in [2.75, 3.05) is 13.1 Å². The summed E-state index contributed by atoms with van der Waals surface area (Å²) >= 11 is 0. The maximum Gasteiger partial charge on any atom is 0.410 e. The van der Waals surface area contributed by atoms with E-state index in [9.17, 15) is 14.7 Å². The highest BCUT2D eigenvalue weighted by molar-refractivity contribution is 5.74. The lowest BCUT2D eigenvalue weighted by molar-refractivity contribution is -0.146. The first kappa shape index (κ1) is 16.6. The Morgan fingerprint density at radius 3 is 2.15 bits per heavy atom. The minimum atomic E-state index is -0.843. The second kappa shape index (κ2) is 6.83. The lowest BCUT2D eigenvalue weighted by Crippen LogP contribution is -2.44. The molecule has 2 aromatic rings. The Morgan fingerprint density at radius 2 is 1.62 bits per heavy atom. The van der Waals surface area contributed by atoms with Gasteiger partial charge < -0.3 is 14.7 Å². The van der Waals surface area contributed by atoms with Crippen molar-refractivity contribution in [2.45, 2.75) is 18.4 Å². The van der Waals surface area contributed by atoms with Crippen molar-refractivity contribution >= 4 is 12.1 Å². The van der Waals surface area contributed by atoms with Crippen molar-refractivity contribution in [1.82, 2.24) is 4.90 Å². The summed E-state index contributed by atoms with van der Waals surface area (Å²) < 4.78 is 5.47. The molecule has 2 saturated heterocycles. The van der Waals surface area contributed by atoms with Gasteiger partial charge in [0.2, 0.25) is 0 Å². The van der Waals surface area contributed by atoms with Gasteiger partial charge in [-0.15, -0.1) is 0 Å². The van der Waals surface area contributed by atoms with Gasteiger partial charge in [-0.25, -0.2) is 4.79 Å². The topological polar surface area (TPSA) is 66.8 Å². The molecule has 0 spiro atoms. The van der Waals surface area contributed by atoms with Crippen LogP contribution in [0.4, 0.5) is 4.79 Å². The summed E-state index contributed by atoms with van der Waals surface area (Å²) in [5.74, 6) is -1.99. The molecule has 0 saturated carbocycles. The van der Waals surface area contributed by atoms with Crippen LogP contribution in [-0.4, -0.2) is 41.3 Å². The van der Waals surface area contributed by atoms with Gasteiger partial charge in [-0.1, -0.05) is 60.7 Å². The van der Waals surface area contributed by atoms with E-state index < -0.39 is 11.9 Å². The van der Waals surface area contributed by atoms with Gasteiger partial charge in [0, 0.05) is 18.4 Å². The maximum absolute atomic E-state index is 12.4. The second-order valence-electron chi connectivity index (χ2n) is 6.98. The number of hydrogen-bond donors (Lipinski definition) is 1. The molecule has 5 heteroatoms. The number of carbonyl (C=O) groups excluding carboxylic acids is 1. The molecule has 0 radical (unpaired) electrons. The van der Waals surface area contributed by atoms with Crippen LogP contribution >= 0.6 is 0 Å². The molecular weight excluding hydrogens is 330 g/mol. The van der Waals surface area contributed by atoms with E-state index in [0.717, 1.165) is 11.1 Å². The summed E-state index contributed by atoms with van der Waals surface area (Å²) in [5.41, 5.74) is 1.94. The summed E-state index contributed by atoms with van der Waals surface area (Å²) in [5, 5.41) is 10.2. The standard InChI is InChI=1S/C21H21NO4/c23-20(24)19(16-11-12-22-13-17(16)26-21(22)25)18(14-7-3-1-4-8-14)15-9-5-2-6-10-15/h1-10,16-19H,11-13H2,(H,23,24)/t16?,17-,19?/m0/s1. The van der Waals surface area contributed by atoms with Crippen molar-refractivity contribution in [3.63, 3.8) is 0 Å². The largest absolute Gasteiger partial charge is 0.481 e. The number of amides is 1. The zero-order valence-electron chi connectivity index (χ0n) is 14.3. The molecular formula is C21H21NO4. The number of benzene rings is 2. The average molecular weight is 351 g/mol. The number of piperidine rings is 1. The molecule has 2 aliphatic rings. The minimum absolute atomic E-state index is 0.208. The highest BCUT2D eigenvalue weighted by Crippen LogP contribution is 2.42. The fourth-order valence-corrected chi connectivity index (χ4v) is 4.34. The normalized spacial score (nSPS) is 23.0. The fraction of sp³-hybridized carbons (Fsp3) is 0.333. The number of ether oxygens (including phenoxy) is 1. The van der Waals surface area contributed by atoms with E-state index in [-0.39, 0.29) is 24.0 Å². The molecule has 2 aliphatic heterocycles. The molecule has 5 nitrogen and oxygen atoms in total. The van der Waals surface area contributed by atoms with Crippen LogP contribution in [0.5, 0.6) is 0 Å². The molecule has 2 fully saturated rings. The Labute approximate surface area is 152 Å². The van der Waals surface area contributed by atoms with E-state index in [1.54, 1.807) is 4.90 Å². The quantitative estimate of drug-likeness (QED) is 0.897. The Kier molecular flexibility index (Phi) is 4.37. The molecule has 0 aromatic heterocycles. The molecule has 3 atom stereocenters. The van der Waals surface area contributed by atoms with Gasteiger partial charge in [-0.3, -0.25) is 4.79 Å². The van der Waals surface area contributed by atoms with Crippen LogP contribution in [0.2, 0.25) is 0 Å². The lowest BCUT2D eigenvalue weighted by Gasteiger charge is -2.36. The molecule has 26 heavy (non-hydrogen) atoms. The summed E-state index contributed by atoms with van der Waals surface area (Å²) in [6.45, 7) is 1.05. The minimum Gasteiger partial charge on any atom is -0.481 e. The van der Waals surface area contributed by atoms with Gasteiger partial charge in [0.15, 0.2) is 0 Å². The van der Waals surface area contributed by atoms with E-state index in [0.29, 0.717) is 19.5 Å². The van der Waals surface area contributed by atoms with Crippen LogP contribution in [0.25, 0.3) is 0 Å². The number of carboxylic acid groups (broad SMARTS) is 1. The van der Waals surface area contributed by atoms with E-state index in [1.165, 1.54) is 0 Å². The highest BCUT2D eigenvalue weighted by Gasteiger charge is 2.49. The van der Waals surface area contributed by atoms with Gasteiger partial charge in [-0.2, -0.15) is 0 Å². The SMILES string of the molecule is O=C(O)C(C(c1ccccc1)c1ccccc1)C1CCN2C[C@@H]1OC2=O. The number of rotatable bonds is 5. The predicted octanol–water partition coefficient (Wildman–Crippen LogP) is 3.36. The van der Waals surface area contributed by atoms with E-state index in [4.69, 9.17) is 4.74 Å². The third kappa shape index (κ3) is 2.94. The Hall–Kier alpha value is -2.82. The molecule has 2 aromatic carbocycles. The number of aliphatic carboxylic acids is 1. The summed E-state index contributed by atoms with van der Waals surface area (Å²) in [6.07, 6.45) is -0.0336. The molecule has 1 amide bonds. The van der Waals surface area contributed by atoms with Crippen molar-refractivity contribution in [1.29, 1.82) is 0 Å². The van der Waals surface area contributed by atoms with Gasteiger partial charge in [0.05, 0.1) is 12.5 Å². The van der Waals surface area contributed by atoms with Gasteiger partial charge in [-0.05, 0) is 17.5 Å². The highest BCUT2D eigenvalue weighted by atomic mass is 16.6. The van der Waals surface area contributed by atoms with Crippen LogP contribution in [0.3, 0.4) is 0 Å². The second-order valence-corrected chi connectivity index (χ2v) is 6.98. The van der Waals surface area contributed by atoms with E-state index in [2.05, 4.69) is 0 Å². The van der Waals surface area contributed by atoms with E-state index in [1.807, 2.05) is 60.7 Å². The lowest BCUT2D eigenvalue weighted by atomic mass is 9.70. The molecule has 4 rings (SSSR count). The molecule has 1 N–H and O–H groups in total. The molecule has 134 valence electrons. The number of fused-ring (bicyclic) bond motifs is 2. The van der Waals surface area contributed by atoms with Crippen LogP contribution in [-0.2, 0) is 9.53 Å². The van der Waals surface area contributed by atoms with Crippen LogP contribution in [0, 0.1) is 11.8 Å². The third-order valence-corrected chi connectivity index (χ3v) is 5.54. The van der Waals surface area contributed by atoms with Gasteiger partial charge in [0.25, 0.3) is 0 Å². The monoisotopic (exact) mass is 351 g/mol. The summed E-state index contributed by atoms with van der Waals surface area (Å²) in [4.78, 5) is 25.9. The maximum atomic E-state index is 12.4. The molecule has 2 heterocycles. The zero-order chi connectivity index (χ0) is 18.1. The van der Waals surface area contributed by atoms with Crippen LogP contribution < -0.4 is 0 Å². The smallest absolute Gasteiger partial charge is 0.410 e. The molecule has 2 unspecified atom stereocenters. The van der Waals surface area contributed by atoms with Crippen molar-refractivity contribution in [3.05, 3.63) is 71.8 Å². The summed E-state index contributed by atoms with van der Waals surface area (Å²) in [6, 6.07) is 19.5. The van der Waals surface area contributed by atoms with Crippen molar-refractivity contribution in [2.24, 2.45) is 11.8 Å². The average Bonchev–Trinajstić information content (AvgIpc) is 2.96. The van der Waals surface area contributed by atoms with Crippen LogP contribution in [0.1, 0.15) is 23.5 Å². The van der Waals surface area contributed by atoms with Crippen molar-refractivity contribution < 1.29 is 19.4 Å². The molecule has 0 aliphatic carbocycles. The Balaban J connectivity index is 1.76. The number of nitrogens with zero attached hydrogens (tertiary/aromatic N) is 1. The first-order valence-electron chi connectivity index (χ1n) is 8.93. The zero-order valence-corrected chi connectivity index (χ0v) is 14.3. The van der Waals surface area contributed by atoms with E-state index >= 15 is 0 Å². The van der Waals surface area contributed by atoms with Crippen molar-refractivity contribution in [3.8, 4) is 0 Å². The third-order valence-electron chi connectivity index (χ3n) is 5.54. The number of carbonyl (C=O) groups is 2. The van der Waals surface area contributed by atoms with Gasteiger partial charge in [0.1, 0.15) is 6.10 Å². The van der Waals surface area contributed by atoms with Crippen LogP contribution in [0.15, 0.2) is 60.7 Å². The Morgan fingerprint density at radius 1 is 1.04 bits per heavy atom. The first-order chi connectivity index (χ1) is 12.6. The number of hydrogen-bond acceptors (Lipinski definition) is 3. The number of carboxylic acids is 1. The van der Waals surface area contributed by atoms with Gasteiger partial charge >= 0.3 is 12.1 Å².